The van der Waals surface area contributed by atoms with Gasteiger partial charge in [0.25, 0.3) is 0 Å². The van der Waals surface area contributed by atoms with Crippen molar-refractivity contribution in [3.63, 3.8) is 0 Å². The van der Waals surface area contributed by atoms with E-state index in [1.54, 1.807) is 6.20 Å². The van der Waals surface area contributed by atoms with Crippen molar-refractivity contribution in [2.75, 3.05) is 0 Å². The van der Waals surface area contributed by atoms with Crippen molar-refractivity contribution in [3.05, 3.63) is 60.9 Å². The molecular formula is C16H10N4. The molecule has 4 aromatic rings. The Balaban J connectivity index is 1.91. The molecule has 0 amide bonds. The van der Waals surface area contributed by atoms with Crippen LogP contribution in [0.4, 0.5) is 0 Å². The number of benzene rings is 2. The third-order valence-electron chi connectivity index (χ3n) is 3.17. The molecule has 0 saturated heterocycles. The molecule has 0 aliphatic heterocycles. The molecule has 2 heterocycles. The van der Waals surface area contributed by atoms with Crippen LogP contribution in [0, 0.1) is 0 Å². The molecule has 0 N–H and O–H groups in total. The zero-order valence-electron chi connectivity index (χ0n) is 10.6. The number of hydrogen-bond donors (Lipinski definition) is 0. The highest BCUT2D eigenvalue weighted by atomic mass is 14.9. The SMILES string of the molecule is c1ccc2nc(-c3cnc4ccccc4n3)ncc2c1. The molecule has 2 aromatic carbocycles. The summed E-state index contributed by atoms with van der Waals surface area (Å²) in [7, 11) is 0. The number of para-hydroxylation sites is 3. The van der Waals surface area contributed by atoms with Crippen molar-refractivity contribution in [1.82, 2.24) is 19.9 Å². The summed E-state index contributed by atoms with van der Waals surface area (Å²) in [6.45, 7) is 0. The van der Waals surface area contributed by atoms with Crippen LogP contribution in [-0.2, 0) is 0 Å². The zero-order valence-corrected chi connectivity index (χ0v) is 10.6. The highest BCUT2D eigenvalue weighted by Gasteiger charge is 2.06. The molecule has 2 aromatic heterocycles. The van der Waals surface area contributed by atoms with Crippen LogP contribution >= 0.6 is 0 Å². The Morgan fingerprint density at radius 2 is 1.35 bits per heavy atom. The van der Waals surface area contributed by atoms with Gasteiger partial charge in [0.2, 0.25) is 0 Å². The predicted molar refractivity (Wildman–Crippen MR) is 78.1 cm³/mol. The average molecular weight is 258 g/mol. The third-order valence-corrected chi connectivity index (χ3v) is 3.17. The van der Waals surface area contributed by atoms with E-state index in [1.807, 2.05) is 54.7 Å². The molecule has 0 aliphatic rings. The number of hydrogen-bond acceptors (Lipinski definition) is 4. The van der Waals surface area contributed by atoms with Gasteiger partial charge in [0.05, 0.1) is 22.7 Å². The van der Waals surface area contributed by atoms with Crippen molar-refractivity contribution < 1.29 is 0 Å². The van der Waals surface area contributed by atoms with Crippen LogP contribution in [-0.4, -0.2) is 19.9 Å². The van der Waals surface area contributed by atoms with Gasteiger partial charge in [-0.15, -0.1) is 0 Å². The molecule has 0 spiro atoms. The summed E-state index contributed by atoms with van der Waals surface area (Å²) in [5, 5.41) is 1.02. The summed E-state index contributed by atoms with van der Waals surface area (Å²) in [4.78, 5) is 17.9. The van der Waals surface area contributed by atoms with Crippen molar-refractivity contribution in [3.8, 4) is 11.5 Å². The maximum Gasteiger partial charge on any atom is 0.180 e. The Morgan fingerprint density at radius 3 is 2.25 bits per heavy atom. The van der Waals surface area contributed by atoms with Gasteiger partial charge in [0, 0.05) is 11.6 Å². The Morgan fingerprint density at radius 1 is 0.600 bits per heavy atom. The van der Waals surface area contributed by atoms with E-state index in [-0.39, 0.29) is 0 Å². The van der Waals surface area contributed by atoms with Crippen LogP contribution in [0.1, 0.15) is 0 Å². The van der Waals surface area contributed by atoms with Crippen LogP contribution in [0.3, 0.4) is 0 Å². The first kappa shape index (κ1) is 11.0. The van der Waals surface area contributed by atoms with Crippen molar-refractivity contribution in [2.45, 2.75) is 0 Å². The zero-order chi connectivity index (χ0) is 13.4. The number of aromatic nitrogens is 4. The minimum atomic E-state index is 0.599. The summed E-state index contributed by atoms with van der Waals surface area (Å²) in [6.07, 6.45) is 3.53. The molecule has 4 heteroatoms. The maximum atomic E-state index is 4.56. The lowest BCUT2D eigenvalue weighted by Crippen LogP contribution is -1.94. The number of rotatable bonds is 1. The third kappa shape index (κ3) is 1.78. The van der Waals surface area contributed by atoms with Crippen LogP contribution in [0.25, 0.3) is 33.5 Å². The van der Waals surface area contributed by atoms with Gasteiger partial charge < -0.3 is 0 Å². The second-order valence-electron chi connectivity index (χ2n) is 4.50. The van der Waals surface area contributed by atoms with Gasteiger partial charge in [-0.05, 0) is 18.2 Å². The lowest BCUT2D eigenvalue weighted by Gasteiger charge is -2.02. The fourth-order valence-electron chi connectivity index (χ4n) is 2.16. The molecule has 4 rings (SSSR count). The van der Waals surface area contributed by atoms with Gasteiger partial charge in [-0.25, -0.2) is 15.0 Å². The first-order chi connectivity index (χ1) is 9.90. The van der Waals surface area contributed by atoms with Crippen molar-refractivity contribution in [1.29, 1.82) is 0 Å². The molecule has 0 fully saturated rings. The fraction of sp³-hybridized carbons (Fsp3) is 0. The van der Waals surface area contributed by atoms with Crippen molar-refractivity contribution >= 4 is 21.9 Å². The molecule has 20 heavy (non-hydrogen) atoms. The Kier molecular flexibility index (Phi) is 2.39. The minimum absolute atomic E-state index is 0.599. The predicted octanol–water partition coefficient (Wildman–Crippen LogP) is 3.24. The lowest BCUT2D eigenvalue weighted by atomic mass is 10.2. The standard InChI is InChI=1S/C16H10N4/c1-2-6-12-11(5-1)9-18-16(20-12)15-10-17-13-7-3-4-8-14(13)19-15/h1-10H. The molecule has 0 saturated carbocycles. The van der Waals surface area contributed by atoms with E-state index >= 15 is 0 Å². The number of fused-ring (bicyclic) bond motifs is 2. The molecule has 0 unspecified atom stereocenters. The van der Waals surface area contributed by atoms with Crippen LogP contribution in [0.15, 0.2) is 60.9 Å². The van der Waals surface area contributed by atoms with E-state index in [4.69, 9.17) is 0 Å². The second kappa shape index (κ2) is 4.35. The first-order valence-corrected chi connectivity index (χ1v) is 6.34. The van der Waals surface area contributed by atoms with Gasteiger partial charge in [-0.1, -0.05) is 30.3 Å². The largest absolute Gasteiger partial charge is 0.252 e. The van der Waals surface area contributed by atoms with Gasteiger partial charge in [0.15, 0.2) is 5.82 Å². The Labute approximate surface area is 115 Å². The average Bonchev–Trinajstić information content (AvgIpc) is 2.54. The maximum absolute atomic E-state index is 4.56. The topological polar surface area (TPSA) is 51.6 Å². The molecule has 94 valence electrons. The summed E-state index contributed by atoms with van der Waals surface area (Å²) < 4.78 is 0. The summed E-state index contributed by atoms with van der Waals surface area (Å²) in [6, 6.07) is 15.7. The molecule has 0 radical (unpaired) electrons. The highest BCUT2D eigenvalue weighted by Crippen LogP contribution is 2.18. The quantitative estimate of drug-likeness (QED) is 0.526. The van der Waals surface area contributed by atoms with Gasteiger partial charge >= 0.3 is 0 Å². The van der Waals surface area contributed by atoms with Crippen LogP contribution in [0.2, 0.25) is 0 Å². The van der Waals surface area contributed by atoms with Crippen molar-refractivity contribution in [2.24, 2.45) is 0 Å². The van der Waals surface area contributed by atoms with Gasteiger partial charge in [-0.2, -0.15) is 0 Å². The molecule has 0 aliphatic carbocycles. The van der Waals surface area contributed by atoms with E-state index in [0.29, 0.717) is 11.5 Å². The van der Waals surface area contributed by atoms with E-state index in [1.165, 1.54) is 0 Å². The summed E-state index contributed by atoms with van der Waals surface area (Å²) in [5.74, 6) is 0.599. The van der Waals surface area contributed by atoms with E-state index < -0.39 is 0 Å². The summed E-state index contributed by atoms with van der Waals surface area (Å²) in [5.41, 5.74) is 3.32. The van der Waals surface area contributed by atoms with Gasteiger partial charge in [-0.3, -0.25) is 4.98 Å². The molecule has 0 bridgehead atoms. The van der Waals surface area contributed by atoms with Gasteiger partial charge in [0.1, 0.15) is 5.69 Å². The fourth-order valence-corrected chi connectivity index (χ4v) is 2.16. The highest BCUT2D eigenvalue weighted by molar-refractivity contribution is 5.80. The smallest absolute Gasteiger partial charge is 0.180 e. The number of nitrogens with zero attached hydrogens (tertiary/aromatic N) is 4. The molecule has 4 nitrogen and oxygen atoms in total. The monoisotopic (exact) mass is 258 g/mol. The Bertz CT molecular complexity index is 841. The van der Waals surface area contributed by atoms with E-state index in [9.17, 15) is 0 Å². The van der Waals surface area contributed by atoms with Crippen LogP contribution < -0.4 is 0 Å². The minimum Gasteiger partial charge on any atom is -0.252 e. The van der Waals surface area contributed by atoms with E-state index in [2.05, 4.69) is 19.9 Å². The van der Waals surface area contributed by atoms with Crippen LogP contribution in [0.5, 0.6) is 0 Å². The molecule has 0 atom stereocenters. The lowest BCUT2D eigenvalue weighted by molar-refractivity contribution is 1.17. The second-order valence-corrected chi connectivity index (χ2v) is 4.50. The first-order valence-electron chi connectivity index (χ1n) is 6.34. The summed E-state index contributed by atoms with van der Waals surface area (Å²) >= 11 is 0. The molecular weight excluding hydrogens is 248 g/mol. The van der Waals surface area contributed by atoms with E-state index in [0.717, 1.165) is 21.9 Å². The normalized spacial score (nSPS) is 11.0. The Hall–Kier alpha value is -2.88.